The molecular weight excluding hydrogens is 641 g/mol. The van der Waals surface area contributed by atoms with E-state index >= 15 is 0 Å². The fourth-order valence-electron chi connectivity index (χ4n) is 4.86. The van der Waals surface area contributed by atoms with Gasteiger partial charge in [-0.05, 0) is 40.6 Å². The van der Waals surface area contributed by atoms with Gasteiger partial charge < -0.3 is 25.7 Å². The molecule has 3 atom stereocenters. The molecule has 4 N–H and O–H groups in total. The molecule has 0 spiro atoms. The Labute approximate surface area is 286 Å². The Morgan fingerprint density at radius 2 is 1.84 bits per heavy atom. The van der Waals surface area contributed by atoms with Crippen molar-refractivity contribution in [2.45, 2.75) is 29.5 Å². The van der Waals surface area contributed by atoms with E-state index in [1.54, 1.807) is 14.0 Å². The van der Waals surface area contributed by atoms with Crippen molar-refractivity contribution in [1.29, 1.82) is 0 Å². The zero-order valence-corrected chi connectivity index (χ0v) is 28.0. The van der Waals surface area contributed by atoms with Crippen molar-refractivity contribution >= 4 is 88.7 Å². The topological polar surface area (TPSA) is 220 Å². The van der Waals surface area contributed by atoms with E-state index in [1.165, 1.54) is 57.4 Å². The average molecular weight is 669 g/mol. The molecule has 2 aromatic rings. The van der Waals surface area contributed by atoms with E-state index in [0.29, 0.717) is 22.2 Å². The fraction of sp³-hybridized carbons (Fsp3) is 0.400. The Balaban J connectivity index is 0.00000461. The number of phenolic OH excluding ortho intramolecular Hbond substituents is 1. The predicted octanol–water partition coefficient (Wildman–Crippen LogP) is -1.49. The zero-order valence-electron chi connectivity index (χ0n) is 24.4. The largest absolute Gasteiger partial charge is 0.508 e. The standard InChI is InChI=1S/C25H27N9O8S2.Na/c1-3-32-8-9-33(21(39)20(32)38)24(42)27-15(12-4-6-14(35)7-5-12)18(36)26-16-19(37)34-17(23(40)41)13(10-43-22(16)34)11-44-25-28-29-30-31(25)2;/h4-7,15-16,22,35H,3,8-11H2,1-2H3,(H,26,36)(H,27,42)(H,40,41);. The molecule has 17 nitrogen and oxygen atoms in total. The van der Waals surface area contributed by atoms with Crippen LogP contribution in [0, 0.1) is 0 Å². The summed E-state index contributed by atoms with van der Waals surface area (Å²) < 4.78 is 1.44. The second-order valence-electron chi connectivity index (χ2n) is 9.84. The number of aliphatic carboxylic acids is 1. The SMILES string of the molecule is CCN1CCN(C(=O)NC(C(=O)NC2C(=O)N3C(C(=O)O)=C(CSc4nnnn4C)CSC23)c2ccc(O)cc2)C(=O)C1=O.[Na]. The molecule has 2 saturated heterocycles. The normalized spacial score (nSPS) is 20.2. The van der Waals surface area contributed by atoms with Gasteiger partial charge in [0, 0.05) is 67.7 Å². The molecule has 3 aliphatic rings. The van der Waals surface area contributed by atoms with E-state index in [2.05, 4.69) is 26.2 Å². The van der Waals surface area contributed by atoms with Gasteiger partial charge in [0.05, 0.1) is 0 Å². The van der Waals surface area contributed by atoms with Crippen LogP contribution in [0.15, 0.2) is 40.7 Å². The van der Waals surface area contributed by atoms with Crippen LogP contribution >= 0.6 is 23.5 Å². The minimum Gasteiger partial charge on any atom is -0.508 e. The second-order valence-corrected chi connectivity index (χ2v) is 11.9. The third-order valence-electron chi connectivity index (χ3n) is 7.20. The molecule has 6 amide bonds. The number of β-lactam (4-membered cyclic amide) rings is 1. The smallest absolute Gasteiger partial charge is 0.352 e. The monoisotopic (exact) mass is 668 g/mol. The van der Waals surface area contributed by atoms with Gasteiger partial charge in [0.25, 0.3) is 5.91 Å². The molecule has 0 bridgehead atoms. The van der Waals surface area contributed by atoms with Gasteiger partial charge in [0.2, 0.25) is 11.1 Å². The molecule has 3 unspecified atom stereocenters. The molecule has 20 heteroatoms. The van der Waals surface area contributed by atoms with E-state index in [0.717, 1.165) is 4.90 Å². The number of aryl methyl sites for hydroxylation is 1. The van der Waals surface area contributed by atoms with Gasteiger partial charge in [-0.2, -0.15) is 0 Å². The van der Waals surface area contributed by atoms with Gasteiger partial charge in [0.15, 0.2) is 0 Å². The van der Waals surface area contributed by atoms with E-state index in [4.69, 9.17) is 0 Å². The minimum absolute atomic E-state index is 0. The van der Waals surface area contributed by atoms with Crippen molar-refractivity contribution in [2.24, 2.45) is 7.05 Å². The van der Waals surface area contributed by atoms with Crippen molar-refractivity contribution in [3.8, 4) is 5.75 Å². The Morgan fingerprint density at radius 3 is 2.47 bits per heavy atom. The number of benzene rings is 1. The molecule has 2 fully saturated rings. The number of urea groups is 1. The molecule has 4 heterocycles. The first kappa shape index (κ1) is 34.2. The quantitative estimate of drug-likeness (QED) is 0.104. The van der Waals surface area contributed by atoms with Crippen LogP contribution in [0.2, 0.25) is 0 Å². The molecule has 0 aliphatic carbocycles. The molecule has 3 aliphatic heterocycles. The summed E-state index contributed by atoms with van der Waals surface area (Å²) in [7, 11) is 1.64. The van der Waals surface area contributed by atoms with Gasteiger partial charge in [-0.25, -0.2) is 14.3 Å². The summed E-state index contributed by atoms with van der Waals surface area (Å²) in [5.41, 5.74) is 0.536. The molecule has 0 saturated carbocycles. The van der Waals surface area contributed by atoms with Crippen LogP contribution in [0.4, 0.5) is 4.79 Å². The maximum Gasteiger partial charge on any atom is 0.352 e. The van der Waals surface area contributed by atoms with E-state index in [-0.39, 0.29) is 71.2 Å². The van der Waals surface area contributed by atoms with Crippen molar-refractivity contribution in [3.05, 3.63) is 41.1 Å². The van der Waals surface area contributed by atoms with Crippen LogP contribution < -0.4 is 10.6 Å². The maximum atomic E-state index is 13.6. The number of hydrogen-bond acceptors (Lipinski definition) is 12. The van der Waals surface area contributed by atoms with Crippen LogP contribution in [0.1, 0.15) is 18.5 Å². The van der Waals surface area contributed by atoms with E-state index in [1.807, 2.05) is 0 Å². The van der Waals surface area contributed by atoms with Crippen molar-refractivity contribution < 1.29 is 39.0 Å². The third-order valence-corrected chi connectivity index (χ3v) is 9.63. The van der Waals surface area contributed by atoms with Crippen LogP contribution in [0.3, 0.4) is 0 Å². The maximum absolute atomic E-state index is 13.6. The average Bonchev–Trinajstić information content (AvgIpc) is 3.42. The zero-order chi connectivity index (χ0) is 31.7. The van der Waals surface area contributed by atoms with Gasteiger partial charge in [-0.15, -0.1) is 16.9 Å². The van der Waals surface area contributed by atoms with Gasteiger partial charge >= 0.3 is 23.8 Å². The number of fused-ring (bicyclic) bond motifs is 1. The van der Waals surface area contributed by atoms with Crippen LogP contribution in [0.25, 0.3) is 0 Å². The number of carboxylic acid groups (broad SMARTS) is 1. The van der Waals surface area contributed by atoms with Crippen molar-refractivity contribution in [2.75, 3.05) is 31.1 Å². The van der Waals surface area contributed by atoms with Crippen LogP contribution in [-0.2, 0) is 31.0 Å². The van der Waals surface area contributed by atoms with E-state index in [9.17, 15) is 39.0 Å². The summed E-state index contributed by atoms with van der Waals surface area (Å²) in [5, 5.41) is 35.6. The number of hydrogen-bond donors (Lipinski definition) is 4. The number of thioether (sulfide) groups is 2. The summed E-state index contributed by atoms with van der Waals surface area (Å²) in [6.45, 7) is 2.04. The van der Waals surface area contributed by atoms with Gasteiger partial charge in [0.1, 0.15) is 28.9 Å². The summed E-state index contributed by atoms with van der Waals surface area (Å²) in [6.07, 6.45) is 0. The third kappa shape index (κ3) is 6.81. The number of amides is 6. The van der Waals surface area contributed by atoms with Crippen LogP contribution in [0.5, 0.6) is 5.75 Å². The Hall–Kier alpha value is -3.65. The number of carbonyl (C=O) groups excluding carboxylic acids is 5. The molecule has 1 aromatic heterocycles. The molecule has 45 heavy (non-hydrogen) atoms. The number of piperazine rings is 1. The molecular formula is C25H27N9NaO8S2. The molecule has 5 rings (SSSR count). The predicted molar refractivity (Wildman–Crippen MR) is 158 cm³/mol. The number of carboxylic acids is 1. The Kier molecular flexibility index (Phi) is 10.8. The minimum atomic E-state index is -1.42. The number of imide groups is 1. The van der Waals surface area contributed by atoms with E-state index < -0.39 is 53.1 Å². The first-order valence-corrected chi connectivity index (χ1v) is 15.3. The van der Waals surface area contributed by atoms with Gasteiger partial charge in [-0.3, -0.25) is 29.0 Å². The Bertz CT molecular complexity index is 1570. The number of rotatable bonds is 9. The van der Waals surface area contributed by atoms with Crippen LogP contribution in [-0.4, -0.2) is 153 Å². The van der Waals surface area contributed by atoms with Crippen molar-refractivity contribution in [3.63, 3.8) is 0 Å². The van der Waals surface area contributed by atoms with Crippen molar-refractivity contribution in [1.82, 2.24) is 45.5 Å². The summed E-state index contributed by atoms with van der Waals surface area (Å²) in [6, 6.07) is 1.84. The first-order valence-electron chi connectivity index (χ1n) is 13.3. The number of carbonyl (C=O) groups is 6. The molecule has 1 radical (unpaired) electrons. The number of nitrogens with zero attached hydrogens (tertiary/aromatic N) is 7. The summed E-state index contributed by atoms with van der Waals surface area (Å²) in [5.74, 6) is -4.26. The number of likely N-dealkylation sites (N-methyl/N-ethyl adjacent to an activating group) is 1. The number of nitrogens with one attached hydrogen (secondary N) is 2. The fourth-order valence-corrected chi connectivity index (χ4v) is 7.20. The Morgan fingerprint density at radius 1 is 1.13 bits per heavy atom. The molecule has 1 aromatic carbocycles. The number of aromatic nitrogens is 4. The first-order chi connectivity index (χ1) is 21.0. The number of tetrazole rings is 1. The molecule has 233 valence electrons. The number of aromatic hydroxyl groups is 1. The van der Waals surface area contributed by atoms with Gasteiger partial charge in [-0.1, -0.05) is 23.9 Å². The summed E-state index contributed by atoms with van der Waals surface area (Å²) in [4.78, 5) is 80.1. The summed E-state index contributed by atoms with van der Waals surface area (Å²) >= 11 is 2.49. The number of phenols is 1. The second kappa shape index (κ2) is 14.2.